The van der Waals surface area contributed by atoms with E-state index in [0.29, 0.717) is 0 Å². The zero-order valence-corrected chi connectivity index (χ0v) is 12.8. The van der Waals surface area contributed by atoms with Crippen LogP contribution in [0.3, 0.4) is 0 Å². The van der Waals surface area contributed by atoms with E-state index < -0.39 is 0 Å². The second-order valence-corrected chi connectivity index (χ2v) is 5.89. The van der Waals surface area contributed by atoms with Crippen molar-refractivity contribution in [3.63, 3.8) is 0 Å². The molecule has 1 aromatic rings. The summed E-state index contributed by atoms with van der Waals surface area (Å²) in [5.74, 6) is 1.80. The van der Waals surface area contributed by atoms with Crippen LogP contribution < -0.4 is 10.5 Å². The maximum absolute atomic E-state index is 6.37. The van der Waals surface area contributed by atoms with Crippen LogP contribution in [0.15, 0.2) is 24.3 Å². The van der Waals surface area contributed by atoms with Crippen molar-refractivity contribution in [2.24, 2.45) is 11.7 Å². The summed E-state index contributed by atoms with van der Waals surface area (Å²) in [6.07, 6.45) is 5.32. The van der Waals surface area contributed by atoms with E-state index >= 15 is 0 Å². The Labute approximate surface area is 123 Å². The number of rotatable bonds is 5. The van der Waals surface area contributed by atoms with Gasteiger partial charge in [0.15, 0.2) is 0 Å². The average Bonchev–Trinajstić information content (AvgIpc) is 2.72. The van der Waals surface area contributed by atoms with Gasteiger partial charge in [0, 0.05) is 12.6 Å². The summed E-state index contributed by atoms with van der Waals surface area (Å²) in [6.45, 7) is 5.64. The highest BCUT2D eigenvalue weighted by Gasteiger charge is 2.18. The molecule has 1 heterocycles. The van der Waals surface area contributed by atoms with E-state index in [4.69, 9.17) is 10.5 Å². The van der Waals surface area contributed by atoms with Gasteiger partial charge in [0.1, 0.15) is 5.75 Å². The number of hydrogen-bond acceptors (Lipinski definition) is 3. The van der Waals surface area contributed by atoms with Gasteiger partial charge in [-0.3, -0.25) is 0 Å². The highest BCUT2D eigenvalue weighted by Crippen LogP contribution is 2.23. The number of nitrogens with two attached hydrogens (primary N) is 1. The quantitative estimate of drug-likeness (QED) is 0.897. The maximum Gasteiger partial charge on any atom is 0.119 e. The molecule has 1 aliphatic heterocycles. The third kappa shape index (κ3) is 4.22. The molecule has 1 aromatic carbocycles. The summed E-state index contributed by atoms with van der Waals surface area (Å²) < 4.78 is 5.27. The van der Waals surface area contributed by atoms with Gasteiger partial charge >= 0.3 is 0 Å². The lowest BCUT2D eigenvalue weighted by Crippen LogP contribution is -2.33. The summed E-state index contributed by atoms with van der Waals surface area (Å²) in [7, 11) is 1.70. The molecule has 0 aliphatic carbocycles. The van der Waals surface area contributed by atoms with Crippen LogP contribution in [0, 0.1) is 5.92 Å². The van der Waals surface area contributed by atoms with Gasteiger partial charge in [-0.05, 0) is 56.0 Å². The van der Waals surface area contributed by atoms with Gasteiger partial charge in [0.05, 0.1) is 7.11 Å². The first-order chi connectivity index (χ1) is 9.72. The molecule has 1 saturated heterocycles. The highest BCUT2D eigenvalue weighted by atomic mass is 16.5. The van der Waals surface area contributed by atoms with Crippen LogP contribution in [0.25, 0.3) is 0 Å². The monoisotopic (exact) mass is 276 g/mol. The van der Waals surface area contributed by atoms with E-state index in [9.17, 15) is 0 Å². The highest BCUT2D eigenvalue weighted by molar-refractivity contribution is 5.30. The van der Waals surface area contributed by atoms with Crippen molar-refractivity contribution in [2.75, 3.05) is 26.7 Å². The minimum absolute atomic E-state index is 0.0725. The van der Waals surface area contributed by atoms with Crippen molar-refractivity contribution in [1.29, 1.82) is 0 Å². The van der Waals surface area contributed by atoms with Crippen molar-refractivity contribution in [3.8, 4) is 5.75 Å². The molecule has 20 heavy (non-hydrogen) atoms. The molecule has 3 nitrogen and oxygen atoms in total. The first-order valence-electron chi connectivity index (χ1n) is 7.84. The van der Waals surface area contributed by atoms with Crippen LogP contribution in [-0.4, -0.2) is 31.6 Å². The van der Waals surface area contributed by atoms with Crippen molar-refractivity contribution < 1.29 is 4.74 Å². The molecule has 0 aromatic heterocycles. The number of hydrogen-bond donors (Lipinski definition) is 1. The van der Waals surface area contributed by atoms with Gasteiger partial charge in [-0.1, -0.05) is 25.5 Å². The predicted molar refractivity (Wildman–Crippen MR) is 84.0 cm³/mol. The van der Waals surface area contributed by atoms with E-state index in [0.717, 1.165) is 18.2 Å². The van der Waals surface area contributed by atoms with Crippen LogP contribution in [0.5, 0.6) is 5.75 Å². The largest absolute Gasteiger partial charge is 0.497 e. The van der Waals surface area contributed by atoms with E-state index in [1.807, 2.05) is 12.1 Å². The molecule has 1 aliphatic rings. The van der Waals surface area contributed by atoms with Gasteiger partial charge in [-0.15, -0.1) is 0 Å². The number of ether oxygens (including phenoxy) is 1. The summed E-state index contributed by atoms with van der Waals surface area (Å²) in [5, 5.41) is 0. The standard InChI is InChI=1S/C17H28N2O/c1-3-14-6-5-10-19(11-9-14)13-17(18)15-7-4-8-16(12-15)20-2/h4,7-8,12,14,17H,3,5-6,9-11,13,18H2,1-2H3. The topological polar surface area (TPSA) is 38.5 Å². The molecule has 0 bridgehead atoms. The second-order valence-electron chi connectivity index (χ2n) is 5.89. The molecule has 0 radical (unpaired) electrons. The molecule has 112 valence electrons. The minimum atomic E-state index is 0.0725. The zero-order chi connectivity index (χ0) is 14.4. The van der Waals surface area contributed by atoms with E-state index in [-0.39, 0.29) is 6.04 Å². The molecular formula is C17H28N2O. The number of likely N-dealkylation sites (tertiary alicyclic amines) is 1. The molecule has 3 heteroatoms. The number of methoxy groups -OCH3 is 1. The summed E-state index contributed by atoms with van der Waals surface area (Å²) in [6, 6.07) is 8.21. The third-order valence-electron chi connectivity index (χ3n) is 4.49. The van der Waals surface area contributed by atoms with Crippen LogP contribution >= 0.6 is 0 Å². The molecule has 1 fully saturated rings. The molecular weight excluding hydrogens is 248 g/mol. The van der Waals surface area contributed by atoms with Crippen LogP contribution in [0.1, 0.15) is 44.2 Å². The first kappa shape index (κ1) is 15.3. The Morgan fingerprint density at radius 1 is 1.35 bits per heavy atom. The lowest BCUT2D eigenvalue weighted by molar-refractivity contribution is 0.263. The summed E-state index contributed by atoms with van der Waals surface area (Å²) in [4.78, 5) is 2.53. The van der Waals surface area contributed by atoms with Crippen LogP contribution in [0.4, 0.5) is 0 Å². The second kappa shape index (κ2) is 7.65. The average molecular weight is 276 g/mol. The molecule has 2 atom stereocenters. The predicted octanol–water partition coefficient (Wildman–Crippen LogP) is 3.21. The SMILES string of the molecule is CCC1CCCN(CC(N)c2cccc(OC)c2)CC1. The molecule has 0 spiro atoms. The third-order valence-corrected chi connectivity index (χ3v) is 4.49. The first-order valence-corrected chi connectivity index (χ1v) is 7.84. The lowest BCUT2D eigenvalue weighted by Gasteiger charge is -2.24. The van der Waals surface area contributed by atoms with Gasteiger partial charge in [-0.25, -0.2) is 0 Å². The molecule has 2 unspecified atom stereocenters. The molecule has 0 amide bonds. The van der Waals surface area contributed by atoms with Crippen LogP contribution in [-0.2, 0) is 0 Å². The minimum Gasteiger partial charge on any atom is -0.497 e. The van der Waals surface area contributed by atoms with Crippen molar-refractivity contribution in [3.05, 3.63) is 29.8 Å². The number of benzene rings is 1. The fraction of sp³-hybridized carbons (Fsp3) is 0.647. The van der Waals surface area contributed by atoms with E-state index in [2.05, 4.69) is 24.0 Å². The van der Waals surface area contributed by atoms with Crippen molar-refractivity contribution in [2.45, 2.75) is 38.6 Å². The molecule has 2 N–H and O–H groups in total. The Kier molecular flexibility index (Phi) is 5.86. The fourth-order valence-corrected chi connectivity index (χ4v) is 3.07. The number of nitrogens with zero attached hydrogens (tertiary/aromatic N) is 1. The Hall–Kier alpha value is -1.06. The van der Waals surface area contributed by atoms with Gasteiger partial charge in [0.2, 0.25) is 0 Å². The Balaban J connectivity index is 1.91. The normalized spacial score (nSPS) is 22.2. The van der Waals surface area contributed by atoms with Gasteiger partial charge in [0.25, 0.3) is 0 Å². The van der Waals surface area contributed by atoms with E-state index in [1.54, 1.807) is 7.11 Å². The van der Waals surface area contributed by atoms with Gasteiger partial charge in [-0.2, -0.15) is 0 Å². The lowest BCUT2D eigenvalue weighted by atomic mass is 9.98. The van der Waals surface area contributed by atoms with E-state index in [1.165, 1.54) is 44.3 Å². The summed E-state index contributed by atoms with van der Waals surface area (Å²) in [5.41, 5.74) is 7.54. The van der Waals surface area contributed by atoms with Crippen molar-refractivity contribution in [1.82, 2.24) is 4.90 Å². The molecule has 0 saturated carbocycles. The summed E-state index contributed by atoms with van der Waals surface area (Å²) >= 11 is 0. The maximum atomic E-state index is 6.37. The molecule has 2 rings (SSSR count). The fourth-order valence-electron chi connectivity index (χ4n) is 3.07. The Morgan fingerprint density at radius 2 is 2.20 bits per heavy atom. The Morgan fingerprint density at radius 3 is 2.95 bits per heavy atom. The Bertz CT molecular complexity index is 408. The zero-order valence-electron chi connectivity index (χ0n) is 12.8. The smallest absolute Gasteiger partial charge is 0.119 e. The van der Waals surface area contributed by atoms with Crippen LogP contribution in [0.2, 0.25) is 0 Å². The van der Waals surface area contributed by atoms with Crippen molar-refractivity contribution >= 4 is 0 Å². The van der Waals surface area contributed by atoms with Gasteiger partial charge < -0.3 is 15.4 Å².